The smallest absolute Gasteiger partial charge is 0.141 e. The van der Waals surface area contributed by atoms with E-state index in [9.17, 15) is 10.2 Å². The minimum Gasteiger partial charge on any atom is -0.506 e. The molecule has 1 aromatic heterocycles. The Morgan fingerprint density at radius 2 is 2.00 bits per heavy atom. The van der Waals surface area contributed by atoms with E-state index >= 15 is 0 Å². The van der Waals surface area contributed by atoms with Gasteiger partial charge < -0.3 is 15.5 Å². The van der Waals surface area contributed by atoms with Gasteiger partial charge in [-0.05, 0) is 38.5 Å². The van der Waals surface area contributed by atoms with Crippen LogP contribution in [0.2, 0.25) is 0 Å². The van der Waals surface area contributed by atoms with Crippen molar-refractivity contribution in [2.75, 3.05) is 0 Å². The molecule has 0 aliphatic heterocycles. The molecule has 1 aliphatic rings. The highest BCUT2D eigenvalue weighted by Crippen LogP contribution is 2.26. The van der Waals surface area contributed by atoms with E-state index in [2.05, 4.69) is 17.2 Å². The molecule has 0 saturated heterocycles. The summed E-state index contributed by atoms with van der Waals surface area (Å²) in [5, 5.41) is 22.9. The minimum atomic E-state index is -0.0838. The molecule has 1 heterocycles. The zero-order chi connectivity index (χ0) is 13.8. The topological polar surface area (TPSA) is 65.4 Å². The second-order valence-corrected chi connectivity index (χ2v) is 5.69. The molecule has 0 radical (unpaired) electrons. The second-order valence-electron chi connectivity index (χ2n) is 5.69. The van der Waals surface area contributed by atoms with Crippen molar-refractivity contribution in [1.29, 1.82) is 0 Å². The van der Waals surface area contributed by atoms with Crippen LogP contribution in [0.5, 0.6) is 5.75 Å². The Morgan fingerprint density at radius 3 is 2.63 bits per heavy atom. The molecular formula is C15H24N2O2. The molecule has 4 nitrogen and oxygen atoms in total. The number of aliphatic hydroxyl groups excluding tert-OH is 1. The predicted octanol–water partition coefficient (Wildman–Crippen LogP) is 2.26. The molecule has 1 aromatic rings. The molecule has 106 valence electrons. The zero-order valence-corrected chi connectivity index (χ0v) is 11.8. The Labute approximate surface area is 114 Å². The van der Waals surface area contributed by atoms with E-state index in [0.29, 0.717) is 23.8 Å². The highest BCUT2D eigenvalue weighted by molar-refractivity contribution is 5.40. The van der Waals surface area contributed by atoms with Gasteiger partial charge in [0, 0.05) is 29.9 Å². The third-order valence-electron chi connectivity index (χ3n) is 4.18. The molecule has 0 atom stereocenters. The maximum atomic E-state index is 10.1. The molecule has 1 fully saturated rings. The second kappa shape index (κ2) is 6.35. The number of nitrogens with zero attached hydrogens (tertiary/aromatic N) is 1. The van der Waals surface area contributed by atoms with Crippen LogP contribution in [0.15, 0.2) is 6.20 Å². The maximum Gasteiger partial charge on any atom is 0.141 e. The summed E-state index contributed by atoms with van der Waals surface area (Å²) in [5.74, 6) is 1.05. The van der Waals surface area contributed by atoms with Gasteiger partial charge in [0.25, 0.3) is 0 Å². The molecule has 0 spiro atoms. The summed E-state index contributed by atoms with van der Waals surface area (Å²) in [5.41, 5.74) is 2.11. The van der Waals surface area contributed by atoms with Crippen LogP contribution in [-0.2, 0) is 13.2 Å². The van der Waals surface area contributed by atoms with Crippen LogP contribution >= 0.6 is 0 Å². The van der Waals surface area contributed by atoms with Gasteiger partial charge in [-0.15, -0.1) is 0 Å². The Kier molecular flexibility index (Phi) is 4.77. The van der Waals surface area contributed by atoms with Gasteiger partial charge >= 0.3 is 0 Å². The van der Waals surface area contributed by atoms with Gasteiger partial charge in [0.15, 0.2) is 0 Å². The lowest BCUT2D eigenvalue weighted by Gasteiger charge is -2.27. The van der Waals surface area contributed by atoms with Crippen LogP contribution in [-0.4, -0.2) is 21.2 Å². The summed E-state index contributed by atoms with van der Waals surface area (Å²) in [6, 6.07) is 0.524. The van der Waals surface area contributed by atoms with Gasteiger partial charge in [-0.25, -0.2) is 0 Å². The lowest BCUT2D eigenvalue weighted by Crippen LogP contribution is -2.32. The van der Waals surface area contributed by atoms with Crippen LogP contribution in [0, 0.1) is 12.8 Å². The summed E-state index contributed by atoms with van der Waals surface area (Å²) in [6.45, 7) is 4.60. The fourth-order valence-corrected chi connectivity index (χ4v) is 2.73. The average molecular weight is 264 g/mol. The van der Waals surface area contributed by atoms with Crippen LogP contribution in [0.25, 0.3) is 0 Å². The van der Waals surface area contributed by atoms with E-state index in [1.54, 1.807) is 13.1 Å². The SMILES string of the molecule is Cc1ncc(CO)c(CNC2CCC(C)CC2)c1O. The summed E-state index contributed by atoms with van der Waals surface area (Å²) >= 11 is 0. The largest absolute Gasteiger partial charge is 0.506 e. The molecule has 0 bridgehead atoms. The van der Waals surface area contributed by atoms with Crippen LogP contribution in [0.4, 0.5) is 0 Å². The molecule has 0 amide bonds. The Hall–Kier alpha value is -1.13. The summed E-state index contributed by atoms with van der Waals surface area (Å²) in [6.07, 6.45) is 6.58. The molecule has 1 aliphatic carbocycles. The van der Waals surface area contributed by atoms with Crippen LogP contribution < -0.4 is 5.32 Å². The quantitative estimate of drug-likeness (QED) is 0.780. The number of rotatable bonds is 4. The van der Waals surface area contributed by atoms with E-state index in [1.165, 1.54) is 25.7 Å². The van der Waals surface area contributed by atoms with E-state index in [-0.39, 0.29) is 12.4 Å². The van der Waals surface area contributed by atoms with Gasteiger partial charge in [0.05, 0.1) is 12.3 Å². The van der Waals surface area contributed by atoms with Crippen molar-refractivity contribution in [3.8, 4) is 5.75 Å². The van der Waals surface area contributed by atoms with Crippen LogP contribution in [0.1, 0.15) is 49.4 Å². The molecular weight excluding hydrogens is 240 g/mol. The third kappa shape index (κ3) is 3.45. The molecule has 0 unspecified atom stereocenters. The first kappa shape index (κ1) is 14.3. The Morgan fingerprint density at radius 1 is 1.32 bits per heavy atom. The number of aromatic nitrogens is 1. The first-order chi connectivity index (χ1) is 9.11. The van der Waals surface area contributed by atoms with E-state index in [4.69, 9.17) is 0 Å². The first-order valence-electron chi connectivity index (χ1n) is 7.12. The predicted molar refractivity (Wildman–Crippen MR) is 74.8 cm³/mol. The van der Waals surface area contributed by atoms with Gasteiger partial charge in [-0.1, -0.05) is 6.92 Å². The summed E-state index contributed by atoms with van der Waals surface area (Å²) in [7, 11) is 0. The maximum absolute atomic E-state index is 10.1. The fourth-order valence-electron chi connectivity index (χ4n) is 2.73. The standard InChI is InChI=1S/C15H24N2O2/c1-10-3-5-13(6-4-10)17-8-14-12(9-18)7-16-11(2)15(14)19/h7,10,13,17-19H,3-6,8-9H2,1-2H3. The lowest BCUT2D eigenvalue weighted by atomic mass is 9.87. The Balaban J connectivity index is 2.01. The van der Waals surface area contributed by atoms with Crippen molar-refractivity contribution in [3.05, 3.63) is 23.0 Å². The van der Waals surface area contributed by atoms with Crippen molar-refractivity contribution in [2.24, 2.45) is 5.92 Å². The zero-order valence-electron chi connectivity index (χ0n) is 11.8. The first-order valence-corrected chi connectivity index (χ1v) is 7.12. The number of hydrogen-bond donors (Lipinski definition) is 3. The van der Waals surface area contributed by atoms with Crippen molar-refractivity contribution in [1.82, 2.24) is 10.3 Å². The highest BCUT2D eigenvalue weighted by atomic mass is 16.3. The number of aliphatic hydroxyl groups is 1. The van der Waals surface area contributed by atoms with Crippen molar-refractivity contribution < 1.29 is 10.2 Å². The summed E-state index contributed by atoms with van der Waals surface area (Å²) in [4.78, 5) is 4.08. The van der Waals surface area contributed by atoms with Gasteiger partial charge in [-0.2, -0.15) is 0 Å². The van der Waals surface area contributed by atoms with Crippen LogP contribution in [0.3, 0.4) is 0 Å². The Bertz CT molecular complexity index is 426. The van der Waals surface area contributed by atoms with Crippen molar-refractivity contribution in [2.45, 2.75) is 58.7 Å². The molecule has 3 N–H and O–H groups in total. The molecule has 0 aromatic carbocycles. The minimum absolute atomic E-state index is 0.0838. The number of aryl methyl sites for hydroxylation is 1. The number of nitrogens with one attached hydrogen (secondary N) is 1. The van der Waals surface area contributed by atoms with E-state index < -0.39 is 0 Å². The van der Waals surface area contributed by atoms with Gasteiger partial charge in [0.1, 0.15) is 5.75 Å². The van der Waals surface area contributed by atoms with Gasteiger partial charge in [-0.3, -0.25) is 4.98 Å². The fraction of sp³-hybridized carbons (Fsp3) is 0.667. The average Bonchev–Trinajstić information content (AvgIpc) is 2.42. The number of aromatic hydroxyl groups is 1. The van der Waals surface area contributed by atoms with Crippen molar-refractivity contribution in [3.63, 3.8) is 0 Å². The summed E-state index contributed by atoms with van der Waals surface area (Å²) < 4.78 is 0. The number of hydrogen-bond acceptors (Lipinski definition) is 4. The third-order valence-corrected chi connectivity index (χ3v) is 4.18. The molecule has 2 rings (SSSR count). The van der Waals surface area contributed by atoms with E-state index in [0.717, 1.165) is 11.5 Å². The molecule has 4 heteroatoms. The number of pyridine rings is 1. The molecule has 1 saturated carbocycles. The lowest BCUT2D eigenvalue weighted by molar-refractivity contribution is 0.276. The highest BCUT2D eigenvalue weighted by Gasteiger charge is 2.19. The van der Waals surface area contributed by atoms with Crippen molar-refractivity contribution >= 4 is 0 Å². The normalized spacial score (nSPS) is 23.5. The monoisotopic (exact) mass is 264 g/mol. The van der Waals surface area contributed by atoms with E-state index in [1.807, 2.05) is 0 Å². The molecule has 19 heavy (non-hydrogen) atoms. The van der Waals surface area contributed by atoms with Gasteiger partial charge in [0.2, 0.25) is 0 Å².